The Morgan fingerprint density at radius 1 is 1.20 bits per heavy atom. The molecule has 0 saturated carbocycles. The van der Waals surface area contributed by atoms with Crippen LogP contribution in [0.15, 0.2) is 24.4 Å². The van der Waals surface area contributed by atoms with Gasteiger partial charge >= 0.3 is 0 Å². The molecule has 4 nitrogen and oxygen atoms in total. The van der Waals surface area contributed by atoms with Crippen molar-refractivity contribution in [1.82, 2.24) is 9.97 Å². The van der Waals surface area contributed by atoms with Gasteiger partial charge in [-0.2, -0.15) is 0 Å². The number of halogens is 1. The average Bonchev–Trinajstić information content (AvgIpc) is 2.32. The van der Waals surface area contributed by atoms with Gasteiger partial charge in [0.2, 0.25) is 5.28 Å². The van der Waals surface area contributed by atoms with Gasteiger partial charge in [-0.25, -0.2) is 9.97 Å². The highest BCUT2D eigenvalue weighted by Crippen LogP contribution is 2.40. The molecule has 0 radical (unpaired) electrons. The fraction of sp³-hybridized carbons (Fsp3) is 0.286. The van der Waals surface area contributed by atoms with E-state index in [4.69, 9.17) is 11.6 Å². The Kier molecular flexibility index (Phi) is 4.17. The lowest BCUT2D eigenvalue weighted by Gasteiger charge is -2.19. The largest absolute Gasteiger partial charge is 0.339 e. The fourth-order valence-corrected chi connectivity index (χ4v) is 3.98. The number of aromatic nitrogens is 2. The van der Waals surface area contributed by atoms with Gasteiger partial charge in [-0.15, -0.1) is 0 Å². The van der Waals surface area contributed by atoms with Crippen molar-refractivity contribution in [3.63, 3.8) is 0 Å². The summed E-state index contributed by atoms with van der Waals surface area (Å²) in [6, 6.07) is 5.65. The Hall–Kier alpha value is -1.38. The van der Waals surface area contributed by atoms with Crippen LogP contribution < -0.4 is 10.6 Å². The SMILES string of the molecule is Cc1ccc(Nc2ccnc(Cl)n2)c(P(C)(C)=O)c1C. The van der Waals surface area contributed by atoms with Crippen molar-refractivity contribution in [3.05, 3.63) is 40.8 Å². The van der Waals surface area contributed by atoms with Gasteiger partial charge in [0.25, 0.3) is 0 Å². The predicted molar refractivity (Wildman–Crippen MR) is 85.3 cm³/mol. The van der Waals surface area contributed by atoms with Crippen molar-refractivity contribution in [3.8, 4) is 0 Å². The lowest BCUT2D eigenvalue weighted by atomic mass is 10.1. The summed E-state index contributed by atoms with van der Waals surface area (Å²) in [6.45, 7) is 7.54. The molecule has 1 N–H and O–H groups in total. The quantitative estimate of drug-likeness (QED) is 0.693. The molecule has 0 fully saturated rings. The van der Waals surface area contributed by atoms with E-state index in [1.165, 1.54) is 0 Å². The van der Waals surface area contributed by atoms with E-state index < -0.39 is 7.14 Å². The number of benzene rings is 1. The second kappa shape index (κ2) is 5.55. The van der Waals surface area contributed by atoms with Gasteiger partial charge in [0.1, 0.15) is 13.0 Å². The van der Waals surface area contributed by atoms with E-state index >= 15 is 0 Å². The molecule has 0 saturated heterocycles. The number of hydrogen-bond acceptors (Lipinski definition) is 4. The highest BCUT2D eigenvalue weighted by Gasteiger charge is 2.20. The summed E-state index contributed by atoms with van der Waals surface area (Å²) in [7, 11) is -2.41. The molecule has 6 heteroatoms. The topological polar surface area (TPSA) is 54.9 Å². The Balaban J connectivity index is 2.52. The van der Waals surface area contributed by atoms with Crippen LogP contribution in [0.4, 0.5) is 11.5 Å². The summed E-state index contributed by atoms with van der Waals surface area (Å²) < 4.78 is 12.6. The maximum absolute atomic E-state index is 12.6. The van der Waals surface area contributed by atoms with E-state index in [0.717, 1.165) is 22.1 Å². The molecule has 0 atom stereocenters. The van der Waals surface area contributed by atoms with Crippen LogP contribution in [0.5, 0.6) is 0 Å². The van der Waals surface area contributed by atoms with E-state index in [1.54, 1.807) is 25.6 Å². The third-order valence-corrected chi connectivity index (χ3v) is 4.96. The smallest absolute Gasteiger partial charge is 0.224 e. The zero-order valence-electron chi connectivity index (χ0n) is 11.9. The molecule has 1 aromatic heterocycles. The van der Waals surface area contributed by atoms with Gasteiger partial charge in [0.05, 0.1) is 5.69 Å². The number of nitrogens with one attached hydrogen (secondary N) is 1. The second-order valence-electron chi connectivity index (χ2n) is 5.09. The molecule has 0 aliphatic carbocycles. The maximum atomic E-state index is 12.6. The van der Waals surface area contributed by atoms with E-state index in [1.807, 2.05) is 26.0 Å². The van der Waals surface area contributed by atoms with E-state index in [2.05, 4.69) is 15.3 Å². The summed E-state index contributed by atoms with van der Waals surface area (Å²) in [5.74, 6) is 0.586. The van der Waals surface area contributed by atoms with Gasteiger partial charge in [-0.05, 0) is 62.0 Å². The minimum atomic E-state index is -2.41. The van der Waals surface area contributed by atoms with Gasteiger partial charge < -0.3 is 9.88 Å². The molecule has 20 heavy (non-hydrogen) atoms. The van der Waals surface area contributed by atoms with E-state index in [0.29, 0.717) is 5.82 Å². The normalized spacial score (nSPS) is 11.4. The minimum Gasteiger partial charge on any atom is -0.339 e. The van der Waals surface area contributed by atoms with Crippen LogP contribution in [-0.4, -0.2) is 23.3 Å². The third-order valence-electron chi connectivity index (χ3n) is 3.13. The van der Waals surface area contributed by atoms with Crippen LogP contribution >= 0.6 is 18.7 Å². The summed E-state index contributed by atoms with van der Waals surface area (Å²) in [5, 5.41) is 4.21. The summed E-state index contributed by atoms with van der Waals surface area (Å²) in [4.78, 5) is 7.94. The molecule has 0 spiro atoms. The number of hydrogen-bond donors (Lipinski definition) is 1. The predicted octanol–water partition coefficient (Wildman–Crippen LogP) is 3.74. The zero-order chi connectivity index (χ0) is 14.9. The molecule has 2 rings (SSSR count). The van der Waals surface area contributed by atoms with Crippen LogP contribution in [-0.2, 0) is 4.57 Å². The van der Waals surface area contributed by atoms with Gasteiger partial charge in [0.15, 0.2) is 0 Å². The lowest BCUT2D eigenvalue weighted by Crippen LogP contribution is -2.15. The first-order chi connectivity index (χ1) is 9.29. The third kappa shape index (κ3) is 3.20. The van der Waals surface area contributed by atoms with Crippen LogP contribution in [0, 0.1) is 13.8 Å². The average molecular weight is 310 g/mol. The highest BCUT2D eigenvalue weighted by atomic mass is 35.5. The molecular weight excluding hydrogens is 293 g/mol. The molecule has 0 bridgehead atoms. The minimum absolute atomic E-state index is 0.177. The standard InChI is InChI=1S/C14H17ClN3OP/c1-9-5-6-11(13(10(9)2)20(3,4)19)17-12-7-8-16-14(15)18-12/h5-8H,1-4H3,(H,16,17,18). The Labute approximate surface area is 124 Å². The van der Waals surface area contributed by atoms with Crippen molar-refractivity contribution >= 4 is 35.6 Å². The van der Waals surface area contributed by atoms with Crippen LogP contribution in [0.3, 0.4) is 0 Å². The molecule has 0 amide bonds. The second-order valence-corrected chi connectivity index (χ2v) is 8.58. The highest BCUT2D eigenvalue weighted by molar-refractivity contribution is 7.70. The number of nitrogens with zero attached hydrogens (tertiary/aromatic N) is 2. The van der Waals surface area contributed by atoms with Crippen LogP contribution in [0.1, 0.15) is 11.1 Å². The lowest BCUT2D eigenvalue weighted by molar-refractivity contribution is 0.588. The molecule has 0 aliphatic rings. The van der Waals surface area contributed by atoms with Crippen molar-refractivity contribution in [2.45, 2.75) is 13.8 Å². The van der Waals surface area contributed by atoms with E-state index in [9.17, 15) is 4.57 Å². The van der Waals surface area contributed by atoms with Crippen molar-refractivity contribution in [2.75, 3.05) is 18.6 Å². The van der Waals surface area contributed by atoms with Gasteiger partial charge in [-0.1, -0.05) is 6.07 Å². The number of aryl methyl sites for hydroxylation is 1. The van der Waals surface area contributed by atoms with Crippen molar-refractivity contribution in [1.29, 1.82) is 0 Å². The molecule has 0 aliphatic heterocycles. The summed E-state index contributed by atoms with van der Waals surface area (Å²) >= 11 is 5.78. The molecule has 106 valence electrons. The number of anilines is 2. The molecular formula is C14H17ClN3OP. The monoisotopic (exact) mass is 309 g/mol. The Morgan fingerprint density at radius 2 is 1.90 bits per heavy atom. The fourth-order valence-electron chi connectivity index (χ4n) is 2.14. The summed E-state index contributed by atoms with van der Waals surface area (Å²) in [5.41, 5.74) is 2.97. The van der Waals surface area contributed by atoms with Gasteiger partial charge in [-0.3, -0.25) is 0 Å². The van der Waals surface area contributed by atoms with Crippen molar-refractivity contribution in [2.24, 2.45) is 0 Å². The molecule has 2 aromatic rings. The first-order valence-corrected chi connectivity index (χ1v) is 9.18. The maximum Gasteiger partial charge on any atom is 0.224 e. The number of rotatable bonds is 3. The zero-order valence-corrected chi connectivity index (χ0v) is 13.6. The summed E-state index contributed by atoms with van der Waals surface area (Å²) in [6.07, 6.45) is 1.58. The van der Waals surface area contributed by atoms with Gasteiger partial charge in [0, 0.05) is 11.5 Å². The molecule has 1 heterocycles. The Morgan fingerprint density at radius 3 is 2.50 bits per heavy atom. The van der Waals surface area contributed by atoms with Crippen LogP contribution in [0.2, 0.25) is 5.28 Å². The van der Waals surface area contributed by atoms with Crippen molar-refractivity contribution < 1.29 is 4.57 Å². The first kappa shape index (κ1) is 15.0. The first-order valence-electron chi connectivity index (χ1n) is 6.20. The molecule has 1 aromatic carbocycles. The van der Waals surface area contributed by atoms with Crippen LogP contribution in [0.25, 0.3) is 0 Å². The van der Waals surface area contributed by atoms with E-state index in [-0.39, 0.29) is 5.28 Å². The Bertz CT molecular complexity index is 697. The molecule has 0 unspecified atom stereocenters.